The van der Waals surface area contributed by atoms with Crippen molar-refractivity contribution in [2.75, 3.05) is 7.05 Å². The fourth-order valence-corrected chi connectivity index (χ4v) is 0.483. The van der Waals surface area contributed by atoms with Gasteiger partial charge in [-0.15, -0.1) is 5.10 Å². The van der Waals surface area contributed by atoms with Gasteiger partial charge in [0.25, 0.3) is 0 Å². The highest BCUT2D eigenvalue weighted by molar-refractivity contribution is 5.80. The van der Waals surface area contributed by atoms with Crippen molar-refractivity contribution in [1.82, 2.24) is 15.0 Å². The fraction of sp³-hybridized carbons (Fsp3) is 0.400. The lowest BCUT2D eigenvalue weighted by molar-refractivity contribution is 0.835. The van der Waals surface area contributed by atoms with Crippen LogP contribution in [0, 0.1) is 0 Å². The first-order chi connectivity index (χ1) is 4.34. The van der Waals surface area contributed by atoms with Crippen molar-refractivity contribution in [3.05, 3.63) is 12.4 Å². The first-order valence-electron chi connectivity index (χ1n) is 2.64. The van der Waals surface area contributed by atoms with Crippen LogP contribution in [-0.4, -0.2) is 27.9 Å². The quantitative estimate of drug-likeness (QED) is 0.365. The van der Waals surface area contributed by atoms with Crippen LogP contribution < -0.4 is 0 Å². The van der Waals surface area contributed by atoms with Crippen molar-refractivity contribution in [3.63, 3.8) is 0 Å². The molecule has 48 valence electrons. The van der Waals surface area contributed by atoms with Gasteiger partial charge in [0, 0.05) is 7.05 Å². The molecule has 4 nitrogen and oxygen atoms in total. The maximum Gasteiger partial charge on any atom is 0.123 e. The van der Waals surface area contributed by atoms with E-state index >= 15 is 0 Å². The number of aromatic nitrogens is 3. The van der Waals surface area contributed by atoms with E-state index < -0.39 is 0 Å². The molecule has 0 aliphatic heterocycles. The number of rotatable bonds is 0. The third-order valence-electron chi connectivity index (χ3n) is 1.08. The van der Waals surface area contributed by atoms with E-state index in [1.807, 2.05) is 6.92 Å². The number of hydrogen-bond acceptors (Lipinski definition) is 3. The van der Waals surface area contributed by atoms with Gasteiger partial charge in [-0.05, 0) is 6.92 Å². The van der Waals surface area contributed by atoms with E-state index in [9.17, 15) is 0 Å². The minimum atomic E-state index is 0.840. The van der Waals surface area contributed by atoms with Crippen LogP contribution in [0.25, 0.3) is 0 Å². The average molecular weight is 124 g/mol. The molecule has 0 fully saturated rings. The van der Waals surface area contributed by atoms with Crippen LogP contribution in [0.2, 0.25) is 0 Å². The Labute approximate surface area is 53.2 Å². The van der Waals surface area contributed by atoms with Crippen molar-refractivity contribution in [2.45, 2.75) is 6.92 Å². The molecule has 0 aliphatic rings. The van der Waals surface area contributed by atoms with Gasteiger partial charge in [0.15, 0.2) is 0 Å². The predicted octanol–water partition coefficient (Wildman–Crippen LogP) is 0.174. The molecule has 4 heteroatoms. The Morgan fingerprint density at radius 3 is 2.89 bits per heavy atom. The third-order valence-corrected chi connectivity index (χ3v) is 1.08. The van der Waals surface area contributed by atoms with Crippen molar-refractivity contribution in [1.29, 1.82) is 0 Å². The zero-order chi connectivity index (χ0) is 6.69. The highest BCUT2D eigenvalue weighted by atomic mass is 15.4. The minimum absolute atomic E-state index is 0.840. The first kappa shape index (κ1) is 5.94. The van der Waals surface area contributed by atoms with E-state index in [4.69, 9.17) is 0 Å². The summed E-state index contributed by atoms with van der Waals surface area (Å²) in [5, 5.41) is 7.35. The molecule has 1 rings (SSSR count). The molecule has 1 aromatic heterocycles. The lowest BCUT2D eigenvalue weighted by Gasteiger charge is -1.92. The van der Waals surface area contributed by atoms with Crippen LogP contribution in [0.1, 0.15) is 6.92 Å². The Morgan fingerprint density at radius 1 is 1.67 bits per heavy atom. The minimum Gasteiger partial charge on any atom is -0.274 e. The van der Waals surface area contributed by atoms with Gasteiger partial charge in [0.05, 0.1) is 12.4 Å². The third kappa shape index (κ3) is 1.13. The topological polar surface area (TPSA) is 43.1 Å². The summed E-state index contributed by atoms with van der Waals surface area (Å²) in [7, 11) is 1.72. The molecule has 1 heterocycles. The van der Waals surface area contributed by atoms with Crippen molar-refractivity contribution in [3.8, 4) is 0 Å². The molecule has 0 unspecified atom stereocenters. The van der Waals surface area contributed by atoms with Crippen molar-refractivity contribution < 1.29 is 0 Å². The van der Waals surface area contributed by atoms with E-state index in [0.29, 0.717) is 0 Å². The lowest BCUT2D eigenvalue weighted by atomic mass is 10.7. The Balaban J connectivity index is 2.90. The van der Waals surface area contributed by atoms with Gasteiger partial charge >= 0.3 is 0 Å². The van der Waals surface area contributed by atoms with Crippen molar-refractivity contribution >= 4 is 5.84 Å². The molecule has 0 amide bonds. The van der Waals surface area contributed by atoms with Crippen LogP contribution in [0.3, 0.4) is 0 Å². The molecule has 0 radical (unpaired) electrons. The Bertz CT molecular complexity index is 199. The molecule has 0 saturated carbocycles. The number of aliphatic imine (C=N–C) groups is 1. The van der Waals surface area contributed by atoms with Gasteiger partial charge < -0.3 is 0 Å². The standard InChI is InChI=1S/C5H8N4/c1-5(6-2)9-4-3-7-8-9/h3-4H,1-2H3. The lowest BCUT2D eigenvalue weighted by Crippen LogP contribution is -2.07. The number of hydrogen-bond donors (Lipinski definition) is 0. The van der Waals surface area contributed by atoms with Gasteiger partial charge in [0.1, 0.15) is 5.84 Å². The summed E-state index contributed by atoms with van der Waals surface area (Å²) in [6.45, 7) is 1.87. The van der Waals surface area contributed by atoms with Crippen LogP contribution >= 0.6 is 0 Å². The molecule has 0 saturated heterocycles. The molecule has 0 spiro atoms. The zero-order valence-corrected chi connectivity index (χ0v) is 5.44. The predicted molar refractivity (Wildman–Crippen MR) is 34.5 cm³/mol. The second kappa shape index (κ2) is 2.39. The molecular weight excluding hydrogens is 116 g/mol. The van der Waals surface area contributed by atoms with E-state index in [1.54, 1.807) is 24.1 Å². The summed E-state index contributed by atoms with van der Waals surface area (Å²) in [6.07, 6.45) is 3.37. The van der Waals surface area contributed by atoms with Crippen LogP contribution in [0.4, 0.5) is 0 Å². The molecular formula is C5H8N4. The molecule has 0 N–H and O–H groups in total. The molecule has 0 aliphatic carbocycles. The summed E-state index contributed by atoms with van der Waals surface area (Å²) in [4.78, 5) is 3.91. The Kier molecular flexibility index (Phi) is 1.58. The summed E-state index contributed by atoms with van der Waals surface area (Å²) >= 11 is 0. The average Bonchev–Trinajstić information content (AvgIpc) is 2.37. The zero-order valence-electron chi connectivity index (χ0n) is 5.44. The second-order valence-corrected chi connectivity index (χ2v) is 1.62. The first-order valence-corrected chi connectivity index (χ1v) is 2.64. The molecule has 0 bridgehead atoms. The van der Waals surface area contributed by atoms with Gasteiger partial charge in [-0.1, -0.05) is 5.21 Å². The normalized spacial score (nSPS) is 12.0. The van der Waals surface area contributed by atoms with Gasteiger partial charge in [-0.25, -0.2) is 4.68 Å². The van der Waals surface area contributed by atoms with Gasteiger partial charge in [0.2, 0.25) is 0 Å². The van der Waals surface area contributed by atoms with E-state index in [-0.39, 0.29) is 0 Å². The maximum atomic E-state index is 3.91. The fourth-order valence-electron chi connectivity index (χ4n) is 0.483. The maximum absolute atomic E-state index is 3.91. The van der Waals surface area contributed by atoms with E-state index in [0.717, 1.165) is 5.84 Å². The van der Waals surface area contributed by atoms with Crippen molar-refractivity contribution in [2.24, 2.45) is 4.99 Å². The molecule has 9 heavy (non-hydrogen) atoms. The van der Waals surface area contributed by atoms with E-state index in [2.05, 4.69) is 15.3 Å². The van der Waals surface area contributed by atoms with Crippen LogP contribution in [-0.2, 0) is 0 Å². The summed E-state index contributed by atoms with van der Waals surface area (Å²) in [5.41, 5.74) is 0. The van der Waals surface area contributed by atoms with Crippen LogP contribution in [0.15, 0.2) is 17.4 Å². The molecule has 0 atom stereocenters. The van der Waals surface area contributed by atoms with Gasteiger partial charge in [-0.2, -0.15) is 0 Å². The monoisotopic (exact) mass is 124 g/mol. The summed E-state index contributed by atoms with van der Waals surface area (Å²) < 4.78 is 1.61. The van der Waals surface area contributed by atoms with E-state index in [1.165, 1.54) is 0 Å². The molecule has 0 aromatic carbocycles. The highest BCUT2D eigenvalue weighted by Gasteiger charge is 1.90. The second-order valence-electron chi connectivity index (χ2n) is 1.62. The summed E-state index contributed by atoms with van der Waals surface area (Å²) in [6, 6.07) is 0. The van der Waals surface area contributed by atoms with Crippen LogP contribution in [0.5, 0.6) is 0 Å². The smallest absolute Gasteiger partial charge is 0.123 e. The Hall–Kier alpha value is -1.19. The van der Waals surface area contributed by atoms with Gasteiger partial charge in [-0.3, -0.25) is 4.99 Å². The largest absolute Gasteiger partial charge is 0.274 e. The molecule has 1 aromatic rings. The highest BCUT2D eigenvalue weighted by Crippen LogP contribution is 1.80. The summed E-state index contributed by atoms with van der Waals surface area (Å²) in [5.74, 6) is 0.840. The SMILES string of the molecule is CN=C(C)n1ccnn1. The Morgan fingerprint density at radius 2 is 2.44 bits per heavy atom. The number of nitrogens with zero attached hydrogens (tertiary/aromatic N) is 4.